The van der Waals surface area contributed by atoms with Crippen molar-refractivity contribution in [3.63, 3.8) is 0 Å². The summed E-state index contributed by atoms with van der Waals surface area (Å²) in [6, 6.07) is 22.1. The molecule has 3 aromatic rings. The molecule has 5 nitrogen and oxygen atoms in total. The predicted octanol–water partition coefficient (Wildman–Crippen LogP) is 5.43. The van der Waals surface area contributed by atoms with Gasteiger partial charge >= 0.3 is 0 Å². The highest BCUT2D eigenvalue weighted by atomic mass is 35.5. The van der Waals surface area contributed by atoms with E-state index in [1.54, 1.807) is 35.2 Å². The van der Waals surface area contributed by atoms with Crippen LogP contribution in [0.15, 0.2) is 72.8 Å². The molecular formula is C24H21ClN2O3. The number of nitrogens with zero attached hydrogens (tertiary/aromatic N) is 1. The number of rotatable bonds is 5. The van der Waals surface area contributed by atoms with Crippen molar-refractivity contribution in [1.29, 1.82) is 0 Å². The SMILES string of the molecule is Cc1ccc(N2C[C@@H](C(=O)Nc3ccc(Oc4ccccc4)cc3)CC2=O)cc1Cl. The molecule has 3 aromatic carbocycles. The molecule has 6 heteroatoms. The van der Waals surface area contributed by atoms with Crippen LogP contribution < -0.4 is 15.0 Å². The summed E-state index contributed by atoms with van der Waals surface area (Å²) in [5, 5.41) is 3.49. The van der Waals surface area contributed by atoms with Crippen molar-refractivity contribution in [3.05, 3.63) is 83.4 Å². The number of benzene rings is 3. The first kappa shape index (κ1) is 20.0. The minimum absolute atomic E-state index is 0.0818. The van der Waals surface area contributed by atoms with E-state index in [4.69, 9.17) is 16.3 Å². The average molecular weight is 421 g/mol. The topological polar surface area (TPSA) is 58.6 Å². The maximum atomic E-state index is 12.7. The maximum absolute atomic E-state index is 12.7. The minimum Gasteiger partial charge on any atom is -0.457 e. The van der Waals surface area contributed by atoms with Crippen LogP contribution in [0, 0.1) is 12.8 Å². The number of aryl methyl sites for hydroxylation is 1. The van der Waals surface area contributed by atoms with E-state index in [0.717, 1.165) is 11.3 Å². The van der Waals surface area contributed by atoms with E-state index in [1.807, 2.05) is 49.4 Å². The summed E-state index contributed by atoms with van der Waals surface area (Å²) in [6.45, 7) is 2.24. The third kappa shape index (κ3) is 4.47. The number of halogens is 1. The van der Waals surface area contributed by atoms with E-state index < -0.39 is 5.92 Å². The van der Waals surface area contributed by atoms with Crippen LogP contribution >= 0.6 is 11.6 Å². The molecule has 1 N–H and O–H groups in total. The third-order valence-corrected chi connectivity index (χ3v) is 5.47. The molecule has 0 aromatic heterocycles. The second kappa shape index (κ2) is 8.59. The first-order valence-corrected chi connectivity index (χ1v) is 10.1. The molecule has 152 valence electrons. The van der Waals surface area contributed by atoms with Crippen LogP contribution in [0.1, 0.15) is 12.0 Å². The van der Waals surface area contributed by atoms with Gasteiger partial charge in [-0.3, -0.25) is 9.59 Å². The lowest BCUT2D eigenvalue weighted by molar-refractivity contribution is -0.122. The molecule has 0 radical (unpaired) electrons. The first-order valence-electron chi connectivity index (χ1n) is 9.70. The van der Waals surface area contributed by atoms with Gasteiger partial charge in [-0.2, -0.15) is 0 Å². The fraction of sp³-hybridized carbons (Fsp3) is 0.167. The van der Waals surface area contributed by atoms with Crippen molar-refractivity contribution in [2.45, 2.75) is 13.3 Å². The Labute approximate surface area is 180 Å². The second-order valence-corrected chi connectivity index (χ2v) is 7.67. The molecule has 2 amide bonds. The molecule has 30 heavy (non-hydrogen) atoms. The van der Waals surface area contributed by atoms with Crippen LogP contribution in [0.3, 0.4) is 0 Å². The number of anilines is 2. The molecule has 1 saturated heterocycles. The van der Waals surface area contributed by atoms with E-state index in [-0.39, 0.29) is 18.2 Å². The van der Waals surface area contributed by atoms with Gasteiger partial charge < -0.3 is 15.0 Å². The Balaban J connectivity index is 1.38. The van der Waals surface area contributed by atoms with Crippen LogP contribution in [-0.4, -0.2) is 18.4 Å². The summed E-state index contributed by atoms with van der Waals surface area (Å²) in [5.74, 6) is 0.744. The fourth-order valence-electron chi connectivity index (χ4n) is 3.36. The Morgan fingerprint density at radius 3 is 2.43 bits per heavy atom. The summed E-state index contributed by atoms with van der Waals surface area (Å²) in [4.78, 5) is 26.7. The van der Waals surface area contributed by atoms with Gasteiger partial charge in [0, 0.05) is 29.4 Å². The Hall–Kier alpha value is -3.31. The summed E-state index contributed by atoms with van der Waals surface area (Å²) in [7, 11) is 0. The van der Waals surface area contributed by atoms with Crippen LogP contribution in [0.4, 0.5) is 11.4 Å². The zero-order chi connectivity index (χ0) is 21.1. The first-order chi connectivity index (χ1) is 14.5. The van der Waals surface area contributed by atoms with E-state index in [1.165, 1.54) is 0 Å². The van der Waals surface area contributed by atoms with Crippen LogP contribution in [0.2, 0.25) is 5.02 Å². The summed E-state index contributed by atoms with van der Waals surface area (Å²) >= 11 is 6.18. The van der Waals surface area contributed by atoms with Gasteiger partial charge in [-0.1, -0.05) is 35.9 Å². The molecule has 1 fully saturated rings. The smallest absolute Gasteiger partial charge is 0.229 e. The van der Waals surface area contributed by atoms with Gasteiger partial charge in [-0.25, -0.2) is 0 Å². The fourth-order valence-corrected chi connectivity index (χ4v) is 3.53. The van der Waals surface area contributed by atoms with Gasteiger partial charge in [0.2, 0.25) is 11.8 Å². The molecule has 0 spiro atoms. The zero-order valence-electron chi connectivity index (χ0n) is 16.5. The zero-order valence-corrected chi connectivity index (χ0v) is 17.2. The van der Waals surface area contributed by atoms with Gasteiger partial charge in [-0.05, 0) is 61.0 Å². The van der Waals surface area contributed by atoms with Crippen molar-refractivity contribution >= 4 is 34.8 Å². The lowest BCUT2D eigenvalue weighted by Gasteiger charge is -2.17. The lowest BCUT2D eigenvalue weighted by Crippen LogP contribution is -2.28. The number of carbonyl (C=O) groups is 2. The molecular weight excluding hydrogens is 400 g/mol. The monoisotopic (exact) mass is 420 g/mol. The molecule has 1 heterocycles. The maximum Gasteiger partial charge on any atom is 0.229 e. The number of carbonyl (C=O) groups excluding carboxylic acids is 2. The highest BCUT2D eigenvalue weighted by molar-refractivity contribution is 6.31. The lowest BCUT2D eigenvalue weighted by atomic mass is 10.1. The van der Waals surface area contributed by atoms with Crippen molar-refractivity contribution < 1.29 is 14.3 Å². The number of ether oxygens (including phenoxy) is 1. The Morgan fingerprint density at radius 2 is 1.73 bits per heavy atom. The highest BCUT2D eigenvalue weighted by Crippen LogP contribution is 2.30. The Morgan fingerprint density at radius 1 is 1.03 bits per heavy atom. The van der Waals surface area contributed by atoms with Gasteiger partial charge in [-0.15, -0.1) is 0 Å². The average Bonchev–Trinajstić information content (AvgIpc) is 3.14. The minimum atomic E-state index is -0.419. The number of hydrogen-bond donors (Lipinski definition) is 1. The quantitative estimate of drug-likeness (QED) is 0.598. The van der Waals surface area contributed by atoms with Crippen LogP contribution in [0.25, 0.3) is 0 Å². The Kier molecular flexibility index (Phi) is 5.72. The summed E-state index contributed by atoms with van der Waals surface area (Å²) in [6.07, 6.45) is 0.173. The second-order valence-electron chi connectivity index (χ2n) is 7.27. The molecule has 0 aliphatic carbocycles. The van der Waals surface area contributed by atoms with Crippen molar-refractivity contribution in [1.82, 2.24) is 0 Å². The van der Waals surface area contributed by atoms with Gasteiger partial charge in [0.1, 0.15) is 11.5 Å². The van der Waals surface area contributed by atoms with E-state index >= 15 is 0 Å². The molecule has 4 rings (SSSR count). The van der Waals surface area contributed by atoms with Gasteiger partial charge in [0.05, 0.1) is 5.92 Å². The number of hydrogen-bond acceptors (Lipinski definition) is 3. The standard InChI is InChI=1S/C24H21ClN2O3/c1-16-7-10-19(14-22(16)25)27-15-17(13-23(27)28)24(29)26-18-8-11-21(12-9-18)30-20-5-3-2-4-6-20/h2-12,14,17H,13,15H2,1H3,(H,26,29)/t17-/m0/s1. The summed E-state index contributed by atoms with van der Waals surface area (Å²) < 4.78 is 5.76. The number of para-hydroxylation sites is 1. The molecule has 0 bridgehead atoms. The van der Waals surface area contributed by atoms with Gasteiger partial charge in [0.25, 0.3) is 0 Å². The highest BCUT2D eigenvalue weighted by Gasteiger charge is 2.35. The molecule has 0 saturated carbocycles. The third-order valence-electron chi connectivity index (χ3n) is 5.06. The van der Waals surface area contributed by atoms with Gasteiger partial charge in [0.15, 0.2) is 0 Å². The molecule has 1 aliphatic rings. The van der Waals surface area contributed by atoms with Crippen molar-refractivity contribution in [3.8, 4) is 11.5 Å². The van der Waals surface area contributed by atoms with E-state index in [9.17, 15) is 9.59 Å². The van der Waals surface area contributed by atoms with E-state index in [0.29, 0.717) is 28.7 Å². The predicted molar refractivity (Wildman–Crippen MR) is 118 cm³/mol. The number of nitrogens with one attached hydrogen (secondary N) is 1. The number of amides is 2. The van der Waals surface area contributed by atoms with Crippen LogP contribution in [-0.2, 0) is 9.59 Å². The van der Waals surface area contributed by atoms with E-state index in [2.05, 4.69) is 5.32 Å². The van der Waals surface area contributed by atoms with Crippen LogP contribution in [0.5, 0.6) is 11.5 Å². The molecule has 0 unspecified atom stereocenters. The summed E-state index contributed by atoms with van der Waals surface area (Å²) in [5.41, 5.74) is 2.32. The molecule has 1 aliphatic heterocycles. The Bertz CT molecular complexity index is 1070. The molecule has 1 atom stereocenters. The normalized spacial score (nSPS) is 15.9. The van der Waals surface area contributed by atoms with Crippen molar-refractivity contribution in [2.24, 2.45) is 5.92 Å². The van der Waals surface area contributed by atoms with Crippen molar-refractivity contribution in [2.75, 3.05) is 16.8 Å². The largest absolute Gasteiger partial charge is 0.457 e.